The topological polar surface area (TPSA) is 116 Å². The van der Waals surface area contributed by atoms with Crippen LogP contribution in [-0.4, -0.2) is 72.1 Å². The third kappa shape index (κ3) is 4.29. The molecule has 0 aromatic carbocycles. The van der Waals surface area contributed by atoms with E-state index < -0.39 is 15.3 Å². The summed E-state index contributed by atoms with van der Waals surface area (Å²) in [5.74, 6) is 0.0507. The van der Waals surface area contributed by atoms with E-state index in [0.717, 1.165) is 4.68 Å². The van der Waals surface area contributed by atoms with Gasteiger partial charge in [-0.3, -0.25) is 14.2 Å². The molecular weight excluding hydrogens is 374 g/mol. The van der Waals surface area contributed by atoms with Gasteiger partial charge in [-0.05, 0) is 12.8 Å². The van der Waals surface area contributed by atoms with Crippen LogP contribution in [0.4, 0.5) is 0 Å². The van der Waals surface area contributed by atoms with Crippen LogP contribution in [0, 0.1) is 0 Å². The fourth-order valence-corrected chi connectivity index (χ4v) is 5.65. The second kappa shape index (κ2) is 7.55. The molecule has 0 radical (unpaired) electrons. The highest BCUT2D eigenvalue weighted by atomic mass is 32.2. The molecule has 2 fully saturated rings. The summed E-state index contributed by atoms with van der Waals surface area (Å²) in [5.41, 5.74) is -0.903. The second-order valence-corrected chi connectivity index (χ2v) is 9.59. The van der Waals surface area contributed by atoms with E-state index in [0.29, 0.717) is 44.0 Å². The van der Waals surface area contributed by atoms with Crippen molar-refractivity contribution in [1.29, 1.82) is 0 Å². The van der Waals surface area contributed by atoms with Gasteiger partial charge in [0.15, 0.2) is 0 Å². The number of rotatable bonds is 3. The van der Waals surface area contributed by atoms with Gasteiger partial charge in [0.1, 0.15) is 12.9 Å². The van der Waals surface area contributed by atoms with Crippen LogP contribution in [0.1, 0.15) is 26.2 Å². The lowest BCUT2D eigenvalue weighted by molar-refractivity contribution is -0.152. The number of amides is 2. The number of carbonyl (C=O) groups is 2. The Kier molecular flexibility index (Phi) is 5.52. The van der Waals surface area contributed by atoms with Crippen LogP contribution in [-0.2, 0) is 37.6 Å². The van der Waals surface area contributed by atoms with Gasteiger partial charge in [-0.1, -0.05) is 6.92 Å². The number of morpholine rings is 1. The molecule has 150 valence electrons. The quantitative estimate of drug-likeness (QED) is 0.669. The van der Waals surface area contributed by atoms with Crippen molar-refractivity contribution in [2.75, 3.05) is 31.2 Å². The first kappa shape index (κ1) is 19.7. The molecule has 1 aromatic rings. The summed E-state index contributed by atoms with van der Waals surface area (Å²) in [5, 5.41) is 3.91. The lowest BCUT2D eigenvalue weighted by Gasteiger charge is -2.45. The maximum atomic E-state index is 12.7. The van der Waals surface area contributed by atoms with Gasteiger partial charge in [0.25, 0.3) is 5.91 Å². The Bertz CT molecular complexity index is 897. The Balaban J connectivity index is 1.66. The first-order valence-corrected chi connectivity index (χ1v) is 10.9. The zero-order valence-corrected chi connectivity index (χ0v) is 16.4. The fourth-order valence-electron chi connectivity index (χ4n) is 3.38. The highest BCUT2D eigenvalue weighted by molar-refractivity contribution is 7.93. The molecule has 10 nitrogen and oxygen atoms in total. The SMILES string of the molecule is CCC(=O)N=S1(=O)CCC2(CC1)CN(C(=O)Cn1ncn(C)c1=O)CCO2. The first-order chi connectivity index (χ1) is 12.8. The monoisotopic (exact) mass is 399 g/mol. The van der Waals surface area contributed by atoms with E-state index in [4.69, 9.17) is 4.74 Å². The zero-order chi connectivity index (χ0) is 19.7. The van der Waals surface area contributed by atoms with Gasteiger partial charge in [-0.15, -0.1) is 0 Å². The molecule has 2 saturated heterocycles. The molecule has 0 N–H and O–H groups in total. The van der Waals surface area contributed by atoms with E-state index in [1.165, 1.54) is 10.9 Å². The number of hydrogen-bond donors (Lipinski definition) is 0. The number of nitrogens with zero attached hydrogens (tertiary/aromatic N) is 5. The largest absolute Gasteiger partial charge is 0.371 e. The molecule has 0 bridgehead atoms. The van der Waals surface area contributed by atoms with Gasteiger partial charge in [0, 0.05) is 38.1 Å². The van der Waals surface area contributed by atoms with Gasteiger partial charge >= 0.3 is 5.69 Å². The van der Waals surface area contributed by atoms with E-state index in [-0.39, 0.29) is 30.5 Å². The van der Waals surface area contributed by atoms with Gasteiger partial charge in [0.05, 0.1) is 21.9 Å². The zero-order valence-electron chi connectivity index (χ0n) is 15.6. The van der Waals surface area contributed by atoms with Gasteiger partial charge in [-0.25, -0.2) is 13.7 Å². The van der Waals surface area contributed by atoms with Crippen LogP contribution >= 0.6 is 0 Å². The third-order valence-corrected chi connectivity index (χ3v) is 7.32. The molecule has 3 heterocycles. The molecule has 3 rings (SSSR count). The van der Waals surface area contributed by atoms with Crippen LogP contribution in [0.2, 0.25) is 0 Å². The van der Waals surface area contributed by atoms with E-state index in [1.54, 1.807) is 18.9 Å². The number of hydrogen-bond acceptors (Lipinski definition) is 6. The molecule has 0 unspecified atom stereocenters. The van der Waals surface area contributed by atoms with E-state index in [9.17, 15) is 18.6 Å². The highest BCUT2D eigenvalue weighted by Gasteiger charge is 2.42. The Labute approximate surface area is 157 Å². The van der Waals surface area contributed by atoms with E-state index in [2.05, 4.69) is 9.46 Å². The summed E-state index contributed by atoms with van der Waals surface area (Å²) >= 11 is 0. The molecule has 2 aliphatic rings. The first-order valence-electron chi connectivity index (χ1n) is 9.01. The van der Waals surface area contributed by atoms with Gasteiger partial charge in [0.2, 0.25) is 5.91 Å². The molecular formula is C16H25N5O5S. The van der Waals surface area contributed by atoms with Gasteiger partial charge < -0.3 is 9.64 Å². The summed E-state index contributed by atoms with van der Waals surface area (Å²) in [6.07, 6.45) is 2.59. The van der Waals surface area contributed by atoms with Crippen molar-refractivity contribution in [2.24, 2.45) is 11.4 Å². The summed E-state index contributed by atoms with van der Waals surface area (Å²) in [6.45, 7) is 2.78. The smallest absolute Gasteiger partial charge is 0.345 e. The van der Waals surface area contributed by atoms with Crippen molar-refractivity contribution in [3.63, 3.8) is 0 Å². The van der Waals surface area contributed by atoms with Crippen LogP contribution in [0.15, 0.2) is 15.5 Å². The summed E-state index contributed by atoms with van der Waals surface area (Å²) < 4.78 is 25.0. The molecule has 2 aliphatic heterocycles. The standard InChI is InChI=1S/C16H25N5O5S/c1-3-13(22)18-27(25)8-4-16(5-9-27)11-20(6-7-26-16)14(23)10-21-15(24)19(2)12-17-21/h12H,3-11H2,1-2H3. The minimum Gasteiger partial charge on any atom is -0.371 e. The molecule has 1 spiro atoms. The van der Waals surface area contributed by atoms with Crippen molar-refractivity contribution in [2.45, 2.75) is 38.3 Å². The Morgan fingerprint density at radius 3 is 2.67 bits per heavy atom. The van der Waals surface area contributed by atoms with E-state index >= 15 is 0 Å². The lowest BCUT2D eigenvalue weighted by atomic mass is 9.94. The number of ether oxygens (including phenoxy) is 1. The summed E-state index contributed by atoms with van der Waals surface area (Å²) in [6, 6.07) is 0. The van der Waals surface area contributed by atoms with Crippen molar-refractivity contribution < 1.29 is 18.5 Å². The summed E-state index contributed by atoms with van der Waals surface area (Å²) in [4.78, 5) is 37.7. The average Bonchev–Trinajstić information content (AvgIpc) is 2.97. The lowest BCUT2D eigenvalue weighted by Crippen LogP contribution is -2.57. The predicted octanol–water partition coefficient (Wildman–Crippen LogP) is -0.622. The van der Waals surface area contributed by atoms with Crippen molar-refractivity contribution in [3.8, 4) is 0 Å². The number of carbonyl (C=O) groups excluding carboxylic acids is 2. The molecule has 1 aromatic heterocycles. The predicted molar refractivity (Wildman–Crippen MR) is 97.6 cm³/mol. The average molecular weight is 399 g/mol. The van der Waals surface area contributed by atoms with Gasteiger partial charge in [-0.2, -0.15) is 9.46 Å². The fraction of sp³-hybridized carbons (Fsp3) is 0.750. The molecule has 0 aliphatic carbocycles. The second-order valence-electron chi connectivity index (χ2n) is 7.05. The van der Waals surface area contributed by atoms with Crippen molar-refractivity contribution in [3.05, 3.63) is 16.8 Å². The molecule has 27 heavy (non-hydrogen) atoms. The van der Waals surface area contributed by atoms with Crippen LogP contribution < -0.4 is 5.69 Å². The highest BCUT2D eigenvalue weighted by Crippen LogP contribution is 2.32. The summed E-state index contributed by atoms with van der Waals surface area (Å²) in [7, 11) is -0.955. The normalized spacial score (nSPS) is 28.3. The number of aromatic nitrogens is 3. The maximum absolute atomic E-state index is 12.7. The van der Waals surface area contributed by atoms with E-state index in [1.807, 2.05) is 0 Å². The molecule has 0 atom stereocenters. The maximum Gasteiger partial charge on any atom is 0.345 e. The van der Waals surface area contributed by atoms with Crippen molar-refractivity contribution in [1.82, 2.24) is 19.2 Å². The number of aryl methyl sites for hydroxylation is 1. The third-order valence-electron chi connectivity index (χ3n) is 5.10. The molecule has 2 amide bonds. The minimum atomic E-state index is -2.53. The molecule has 0 saturated carbocycles. The van der Waals surface area contributed by atoms with Crippen LogP contribution in [0.25, 0.3) is 0 Å². The van der Waals surface area contributed by atoms with Crippen molar-refractivity contribution >= 4 is 21.5 Å². The van der Waals surface area contributed by atoms with Crippen LogP contribution in [0.5, 0.6) is 0 Å². The van der Waals surface area contributed by atoms with Crippen LogP contribution in [0.3, 0.4) is 0 Å². The Hall–Kier alpha value is -2.01. The Morgan fingerprint density at radius 2 is 2.07 bits per heavy atom. The molecule has 11 heteroatoms. The Morgan fingerprint density at radius 1 is 1.37 bits per heavy atom. The minimum absolute atomic E-state index is 0.118.